The number of likely N-dealkylation sites (tertiary alicyclic amines) is 1. The van der Waals surface area contributed by atoms with Gasteiger partial charge in [0.25, 0.3) is 0 Å². The van der Waals surface area contributed by atoms with Gasteiger partial charge in [-0.1, -0.05) is 12.0 Å². The molecule has 0 spiro atoms. The molecule has 3 aromatic rings. The van der Waals surface area contributed by atoms with Crippen LogP contribution in [-0.4, -0.2) is 75.4 Å². The quantitative estimate of drug-likeness (QED) is 0.291. The van der Waals surface area contributed by atoms with Crippen LogP contribution < -0.4 is 21.1 Å². The molecule has 1 fully saturated rings. The Morgan fingerprint density at radius 3 is 2.48 bits per heavy atom. The van der Waals surface area contributed by atoms with Crippen molar-refractivity contribution < 1.29 is 35.9 Å². The van der Waals surface area contributed by atoms with Crippen molar-refractivity contribution in [1.29, 1.82) is 0 Å². The predicted molar refractivity (Wildman–Crippen MR) is 161 cm³/mol. The molecule has 1 aliphatic rings. The molecule has 0 atom stereocenters. The van der Waals surface area contributed by atoms with Crippen LogP contribution in [0.1, 0.15) is 25.0 Å². The number of sulfone groups is 1. The van der Waals surface area contributed by atoms with Crippen LogP contribution in [0.4, 0.5) is 24.5 Å². The van der Waals surface area contributed by atoms with E-state index in [-0.39, 0.29) is 53.2 Å². The molecule has 1 aromatic heterocycles. The van der Waals surface area contributed by atoms with E-state index < -0.39 is 28.5 Å². The number of fused-ring (bicyclic) bond motifs is 1. The first-order valence-electron chi connectivity index (χ1n) is 13.8. The van der Waals surface area contributed by atoms with E-state index in [1.807, 2.05) is 4.90 Å². The van der Waals surface area contributed by atoms with E-state index in [1.165, 1.54) is 31.4 Å². The molecule has 0 radical (unpaired) electrons. The molecule has 236 valence electrons. The normalized spacial score (nSPS) is 14.6. The van der Waals surface area contributed by atoms with Gasteiger partial charge in [0.05, 0.1) is 47.7 Å². The molecule has 0 unspecified atom stereocenters. The Balaban J connectivity index is 1.51. The molecule has 10 nitrogen and oxygen atoms in total. The number of ether oxygens (including phenoxy) is 1. The number of benzene rings is 2. The second kappa shape index (κ2) is 13.6. The van der Waals surface area contributed by atoms with Gasteiger partial charge in [-0.05, 0) is 68.1 Å². The number of primary amides is 1. The molecule has 1 aliphatic heterocycles. The van der Waals surface area contributed by atoms with Crippen LogP contribution in [-0.2, 0) is 26.0 Å². The first-order chi connectivity index (χ1) is 20.7. The molecule has 0 bridgehead atoms. The van der Waals surface area contributed by atoms with E-state index in [9.17, 15) is 31.2 Å². The monoisotopic (exact) mass is 633 g/mol. The molecule has 44 heavy (non-hydrogen) atoms. The molecule has 2 aromatic carbocycles. The van der Waals surface area contributed by atoms with Crippen LogP contribution in [0.5, 0.6) is 5.75 Å². The number of aromatic nitrogens is 1. The summed E-state index contributed by atoms with van der Waals surface area (Å²) in [6.45, 7) is 0.266. The number of amides is 2. The Bertz CT molecular complexity index is 1700. The number of nitrogens with two attached hydrogens (primary N) is 1. The molecule has 14 heteroatoms. The third-order valence-corrected chi connectivity index (χ3v) is 8.41. The maximum Gasteiger partial charge on any atom is 0.406 e. The SMILES string of the molecule is COc1cc(S(C)(=O)=O)ccc1NCC#Cc1cc2c(NC(=O)CC3CCN(CC(N)=O)CC3)cccc2n1CC(F)(F)F. The van der Waals surface area contributed by atoms with Crippen molar-refractivity contribution in [3.8, 4) is 17.6 Å². The van der Waals surface area contributed by atoms with E-state index in [0.29, 0.717) is 29.9 Å². The zero-order valence-electron chi connectivity index (χ0n) is 24.3. The third-order valence-electron chi connectivity index (χ3n) is 7.30. The molecule has 4 N–H and O–H groups in total. The topological polar surface area (TPSA) is 136 Å². The smallest absolute Gasteiger partial charge is 0.406 e. The highest BCUT2D eigenvalue weighted by Crippen LogP contribution is 2.31. The van der Waals surface area contributed by atoms with Crippen LogP contribution in [0.25, 0.3) is 10.9 Å². The van der Waals surface area contributed by atoms with Gasteiger partial charge < -0.3 is 25.7 Å². The van der Waals surface area contributed by atoms with Crippen molar-refractivity contribution in [3.05, 3.63) is 48.2 Å². The first kappa shape index (κ1) is 32.7. The fourth-order valence-electron chi connectivity index (χ4n) is 5.20. The summed E-state index contributed by atoms with van der Waals surface area (Å²) in [7, 11) is -2.05. The van der Waals surface area contributed by atoms with Crippen LogP contribution >= 0.6 is 0 Å². The van der Waals surface area contributed by atoms with Crippen LogP contribution in [0.3, 0.4) is 0 Å². The summed E-state index contributed by atoms with van der Waals surface area (Å²) < 4.78 is 70.7. The lowest BCUT2D eigenvalue weighted by atomic mass is 9.93. The molecule has 4 rings (SSSR count). The fourth-order valence-corrected chi connectivity index (χ4v) is 5.84. The summed E-state index contributed by atoms with van der Waals surface area (Å²) in [5, 5.41) is 6.28. The van der Waals surface area contributed by atoms with Crippen LogP contribution in [0, 0.1) is 17.8 Å². The lowest BCUT2D eigenvalue weighted by molar-refractivity contribution is -0.140. The second-order valence-electron chi connectivity index (χ2n) is 10.7. The summed E-state index contributed by atoms with van der Waals surface area (Å²) in [6, 6.07) is 10.6. The highest BCUT2D eigenvalue weighted by atomic mass is 32.2. The summed E-state index contributed by atoms with van der Waals surface area (Å²) in [6.07, 6.45) is -1.73. The summed E-state index contributed by atoms with van der Waals surface area (Å²) in [4.78, 5) is 26.1. The van der Waals surface area contributed by atoms with Crippen molar-refractivity contribution >= 4 is 43.9 Å². The van der Waals surface area contributed by atoms with E-state index in [4.69, 9.17) is 10.5 Å². The van der Waals surface area contributed by atoms with Gasteiger partial charge in [0.1, 0.15) is 12.3 Å². The molecule has 1 saturated heterocycles. The number of nitrogens with one attached hydrogen (secondary N) is 2. The van der Waals surface area contributed by atoms with Crippen LogP contribution in [0.2, 0.25) is 0 Å². The highest BCUT2D eigenvalue weighted by Gasteiger charge is 2.30. The maximum atomic E-state index is 13.6. The first-order valence-corrected chi connectivity index (χ1v) is 15.7. The third kappa shape index (κ3) is 8.67. The Labute approximate surface area is 253 Å². The number of rotatable bonds is 10. The average Bonchev–Trinajstić information content (AvgIpc) is 3.28. The number of alkyl halides is 3. The average molecular weight is 634 g/mol. The Hall–Kier alpha value is -4.22. The van der Waals surface area contributed by atoms with Crippen molar-refractivity contribution in [2.75, 3.05) is 50.2 Å². The Morgan fingerprint density at radius 2 is 1.84 bits per heavy atom. The van der Waals surface area contributed by atoms with E-state index in [2.05, 4.69) is 22.5 Å². The van der Waals surface area contributed by atoms with Crippen molar-refractivity contribution in [2.24, 2.45) is 11.7 Å². The van der Waals surface area contributed by atoms with Crippen molar-refractivity contribution in [1.82, 2.24) is 9.47 Å². The number of piperidine rings is 1. The maximum absolute atomic E-state index is 13.6. The number of carbonyl (C=O) groups is 2. The van der Waals surface area contributed by atoms with Gasteiger partial charge in [-0.25, -0.2) is 8.42 Å². The van der Waals surface area contributed by atoms with Gasteiger partial charge >= 0.3 is 6.18 Å². The number of methoxy groups -OCH3 is 1. The standard InChI is InChI=1S/C30H34F3N5O5S/c1-43-27-17-22(44(2,41)42)8-9-25(27)35-12-4-5-21-16-23-24(6-3-7-26(23)38(21)19-30(31,32)33)36-29(40)15-20-10-13-37(14-11-20)18-28(34)39/h3,6-9,16-17,20,35H,10-15,18-19H2,1-2H3,(H2,34,39)(H,36,40). The fraction of sp³-hybridized carbons (Fsp3) is 0.400. The van der Waals surface area contributed by atoms with Crippen molar-refractivity contribution in [3.63, 3.8) is 0 Å². The highest BCUT2D eigenvalue weighted by molar-refractivity contribution is 7.90. The Kier molecular flexibility index (Phi) is 10.1. The molecule has 2 amide bonds. The van der Waals surface area contributed by atoms with Gasteiger partial charge in [-0.15, -0.1) is 0 Å². The van der Waals surface area contributed by atoms with E-state index in [0.717, 1.165) is 23.7 Å². The van der Waals surface area contributed by atoms with E-state index in [1.54, 1.807) is 18.2 Å². The zero-order chi connectivity index (χ0) is 32.1. The van der Waals surface area contributed by atoms with Crippen LogP contribution in [0.15, 0.2) is 47.4 Å². The number of hydrogen-bond donors (Lipinski definition) is 3. The molecule has 2 heterocycles. The minimum atomic E-state index is -4.52. The minimum absolute atomic E-state index is 0.0317. The van der Waals surface area contributed by atoms with Gasteiger partial charge in [0, 0.05) is 24.1 Å². The van der Waals surface area contributed by atoms with Gasteiger partial charge in [0.2, 0.25) is 11.8 Å². The summed E-state index contributed by atoms with van der Waals surface area (Å²) in [5.74, 6) is 5.36. The summed E-state index contributed by atoms with van der Waals surface area (Å²) in [5.41, 5.74) is 6.50. The zero-order valence-corrected chi connectivity index (χ0v) is 25.1. The number of hydrogen-bond acceptors (Lipinski definition) is 7. The van der Waals surface area contributed by atoms with Gasteiger partial charge in [0.15, 0.2) is 9.84 Å². The molecule has 0 aliphatic carbocycles. The summed E-state index contributed by atoms with van der Waals surface area (Å²) >= 11 is 0. The number of carbonyl (C=O) groups excluding carboxylic acids is 2. The van der Waals surface area contributed by atoms with Gasteiger partial charge in [-0.3, -0.25) is 14.5 Å². The number of halogens is 3. The van der Waals surface area contributed by atoms with Crippen molar-refractivity contribution in [2.45, 2.75) is 36.9 Å². The largest absolute Gasteiger partial charge is 0.495 e. The Morgan fingerprint density at radius 1 is 1.11 bits per heavy atom. The lowest BCUT2D eigenvalue weighted by Crippen LogP contribution is -2.40. The number of nitrogens with zero attached hydrogens (tertiary/aromatic N) is 2. The molecular weight excluding hydrogens is 599 g/mol. The van der Waals surface area contributed by atoms with Gasteiger partial charge in [-0.2, -0.15) is 13.2 Å². The lowest BCUT2D eigenvalue weighted by Gasteiger charge is -2.30. The molecular formula is C30H34F3N5O5S. The number of anilines is 2. The second-order valence-corrected chi connectivity index (χ2v) is 12.7. The minimum Gasteiger partial charge on any atom is -0.495 e. The molecule has 0 saturated carbocycles. The predicted octanol–water partition coefficient (Wildman–Crippen LogP) is 3.61. The van der Waals surface area contributed by atoms with E-state index >= 15 is 0 Å².